The zero-order chi connectivity index (χ0) is 22.2. The largest absolute Gasteiger partial charge is 0.416 e. The molecular weight excluding hydrogens is 414 g/mol. The van der Waals surface area contributed by atoms with Gasteiger partial charge in [0, 0.05) is 38.0 Å². The second-order valence-electron chi connectivity index (χ2n) is 7.87. The van der Waals surface area contributed by atoms with Crippen molar-refractivity contribution >= 4 is 11.8 Å². The third-order valence-electron chi connectivity index (χ3n) is 5.93. The van der Waals surface area contributed by atoms with E-state index in [4.69, 9.17) is 0 Å². The topological polar surface area (TPSA) is 52.7 Å². The summed E-state index contributed by atoms with van der Waals surface area (Å²) in [7, 11) is 0. The highest BCUT2D eigenvalue weighted by Crippen LogP contribution is 2.34. The highest BCUT2D eigenvalue weighted by atomic mass is 19.4. The second-order valence-corrected chi connectivity index (χ2v) is 7.87. The van der Waals surface area contributed by atoms with Crippen LogP contribution in [0.15, 0.2) is 48.5 Å². The van der Waals surface area contributed by atoms with Crippen molar-refractivity contribution in [3.8, 4) is 0 Å². The summed E-state index contributed by atoms with van der Waals surface area (Å²) in [6.45, 7) is 0.827. The summed E-state index contributed by atoms with van der Waals surface area (Å²) in [4.78, 5) is 28.4. The Morgan fingerprint density at radius 1 is 1.06 bits per heavy atom. The Kier molecular flexibility index (Phi) is 5.47. The number of hydrogen-bond donors (Lipinski definition) is 1. The maximum atomic E-state index is 13.4. The predicted octanol–water partition coefficient (Wildman–Crippen LogP) is 3.41. The van der Waals surface area contributed by atoms with E-state index in [1.807, 2.05) is 0 Å². The molecule has 0 aromatic heterocycles. The van der Waals surface area contributed by atoms with Gasteiger partial charge in [-0.1, -0.05) is 18.2 Å². The summed E-state index contributed by atoms with van der Waals surface area (Å²) in [5.74, 6) is -0.972. The fourth-order valence-corrected chi connectivity index (χ4v) is 4.27. The number of carbonyl (C=O) groups excluding carboxylic acids is 2. The van der Waals surface area contributed by atoms with Crippen molar-refractivity contribution in [1.82, 2.24) is 15.1 Å². The minimum atomic E-state index is -4.45. The fourth-order valence-electron chi connectivity index (χ4n) is 4.27. The van der Waals surface area contributed by atoms with E-state index in [0.717, 1.165) is 12.1 Å². The fraction of sp³-hybridized carbons (Fsp3) is 0.364. The molecule has 9 heteroatoms. The molecule has 0 unspecified atom stereocenters. The summed E-state index contributed by atoms with van der Waals surface area (Å²) in [5, 5.41) is 3.20. The quantitative estimate of drug-likeness (QED) is 0.752. The van der Waals surface area contributed by atoms with E-state index in [9.17, 15) is 27.2 Å². The monoisotopic (exact) mass is 435 g/mol. The normalized spacial score (nSPS) is 18.6. The maximum Gasteiger partial charge on any atom is 0.416 e. The lowest BCUT2D eigenvalue weighted by Crippen LogP contribution is -2.59. The Labute approximate surface area is 176 Å². The van der Waals surface area contributed by atoms with Gasteiger partial charge >= 0.3 is 6.18 Å². The van der Waals surface area contributed by atoms with Crippen LogP contribution in [0.1, 0.15) is 34.3 Å². The highest BCUT2D eigenvalue weighted by Gasteiger charge is 2.47. The summed E-state index contributed by atoms with van der Waals surface area (Å²) < 4.78 is 52.6. The SMILES string of the molecule is O=C(c1cccc(F)c1)N1CCC2(CC1)NCC(=O)N2Cc1cccc(C(F)(F)F)c1. The average molecular weight is 435 g/mol. The average Bonchev–Trinajstić information content (AvgIpc) is 3.03. The molecule has 4 rings (SSSR count). The minimum absolute atomic E-state index is 0.0492. The highest BCUT2D eigenvalue weighted by molar-refractivity contribution is 5.94. The van der Waals surface area contributed by atoms with Crippen LogP contribution in [0.4, 0.5) is 17.6 Å². The second kappa shape index (κ2) is 7.96. The van der Waals surface area contributed by atoms with E-state index >= 15 is 0 Å². The molecule has 2 aromatic carbocycles. The van der Waals surface area contributed by atoms with Crippen molar-refractivity contribution in [3.05, 3.63) is 71.0 Å². The van der Waals surface area contributed by atoms with Gasteiger partial charge in [-0.05, 0) is 35.9 Å². The standard InChI is InChI=1S/C22H21F4N3O2/c23-18-6-2-4-16(12-18)20(31)28-9-7-21(8-10-28)27-13-19(30)29(21)14-15-3-1-5-17(11-15)22(24,25)26/h1-6,11-12,27H,7-10,13-14H2. The lowest BCUT2D eigenvalue weighted by Gasteiger charge is -2.44. The zero-order valence-corrected chi connectivity index (χ0v) is 16.6. The predicted molar refractivity (Wildman–Crippen MR) is 104 cm³/mol. The van der Waals surface area contributed by atoms with Crippen LogP contribution in [0.3, 0.4) is 0 Å². The molecule has 0 atom stereocenters. The van der Waals surface area contributed by atoms with Gasteiger partial charge in [0.15, 0.2) is 0 Å². The molecule has 2 aromatic rings. The molecule has 0 aliphatic carbocycles. The number of amides is 2. The smallest absolute Gasteiger partial charge is 0.338 e. The molecule has 2 aliphatic rings. The first-order valence-electron chi connectivity index (χ1n) is 9.94. The molecule has 2 aliphatic heterocycles. The Morgan fingerprint density at radius 3 is 2.45 bits per heavy atom. The molecule has 2 heterocycles. The third-order valence-corrected chi connectivity index (χ3v) is 5.93. The van der Waals surface area contributed by atoms with Gasteiger partial charge in [-0.15, -0.1) is 0 Å². The van der Waals surface area contributed by atoms with Gasteiger partial charge in [0.1, 0.15) is 5.82 Å². The summed E-state index contributed by atoms with van der Waals surface area (Å²) in [5.41, 5.74) is -0.824. The van der Waals surface area contributed by atoms with Crippen LogP contribution >= 0.6 is 0 Å². The van der Waals surface area contributed by atoms with E-state index in [0.29, 0.717) is 31.5 Å². The van der Waals surface area contributed by atoms with Crippen LogP contribution in [-0.4, -0.2) is 46.9 Å². The summed E-state index contributed by atoms with van der Waals surface area (Å²) in [6.07, 6.45) is -3.60. The molecule has 2 amide bonds. The van der Waals surface area contributed by atoms with Crippen LogP contribution in [0.2, 0.25) is 0 Å². The van der Waals surface area contributed by atoms with E-state index in [2.05, 4.69) is 5.32 Å². The number of halogens is 4. The molecule has 2 saturated heterocycles. The Bertz CT molecular complexity index is 1000. The van der Waals surface area contributed by atoms with Crippen molar-refractivity contribution in [1.29, 1.82) is 0 Å². The van der Waals surface area contributed by atoms with Crippen molar-refractivity contribution < 1.29 is 27.2 Å². The van der Waals surface area contributed by atoms with Gasteiger partial charge in [0.05, 0.1) is 17.8 Å². The maximum absolute atomic E-state index is 13.4. The minimum Gasteiger partial charge on any atom is -0.338 e. The molecule has 1 N–H and O–H groups in total. The molecule has 164 valence electrons. The number of nitrogens with one attached hydrogen (secondary N) is 1. The van der Waals surface area contributed by atoms with Gasteiger partial charge < -0.3 is 9.80 Å². The van der Waals surface area contributed by atoms with E-state index in [-0.39, 0.29) is 30.5 Å². The molecule has 1 spiro atoms. The number of alkyl halides is 3. The third kappa shape index (κ3) is 4.27. The number of benzene rings is 2. The van der Waals surface area contributed by atoms with Crippen molar-refractivity contribution in [2.45, 2.75) is 31.2 Å². The number of carbonyl (C=O) groups is 2. The molecule has 31 heavy (non-hydrogen) atoms. The van der Waals surface area contributed by atoms with E-state index < -0.39 is 23.2 Å². The summed E-state index contributed by atoms with van der Waals surface area (Å²) >= 11 is 0. The molecular formula is C22H21F4N3O2. The Morgan fingerprint density at radius 2 is 1.77 bits per heavy atom. The number of rotatable bonds is 3. The van der Waals surface area contributed by atoms with E-state index in [1.54, 1.807) is 21.9 Å². The Balaban J connectivity index is 1.48. The van der Waals surface area contributed by atoms with Gasteiger partial charge in [-0.3, -0.25) is 14.9 Å². The lowest BCUT2D eigenvalue weighted by molar-refractivity contribution is -0.137. The first kappa shape index (κ1) is 21.3. The van der Waals surface area contributed by atoms with Gasteiger partial charge in [0.25, 0.3) is 5.91 Å². The molecule has 0 bridgehead atoms. The van der Waals surface area contributed by atoms with E-state index in [1.165, 1.54) is 24.3 Å². The van der Waals surface area contributed by atoms with Gasteiger partial charge in [-0.25, -0.2) is 4.39 Å². The van der Waals surface area contributed by atoms with Crippen LogP contribution < -0.4 is 5.32 Å². The summed E-state index contributed by atoms with van der Waals surface area (Å²) in [6, 6.07) is 10.4. The van der Waals surface area contributed by atoms with Crippen molar-refractivity contribution in [2.75, 3.05) is 19.6 Å². The number of hydrogen-bond acceptors (Lipinski definition) is 3. The molecule has 0 radical (unpaired) electrons. The van der Waals surface area contributed by atoms with Crippen LogP contribution in [0, 0.1) is 5.82 Å². The lowest BCUT2D eigenvalue weighted by atomic mass is 9.94. The molecule has 5 nitrogen and oxygen atoms in total. The molecule has 0 saturated carbocycles. The molecule has 2 fully saturated rings. The first-order chi connectivity index (χ1) is 14.7. The van der Waals surface area contributed by atoms with Crippen LogP contribution in [0.25, 0.3) is 0 Å². The van der Waals surface area contributed by atoms with Gasteiger partial charge in [0.2, 0.25) is 5.91 Å². The van der Waals surface area contributed by atoms with Gasteiger partial charge in [-0.2, -0.15) is 13.2 Å². The Hall–Kier alpha value is -2.94. The van der Waals surface area contributed by atoms with Crippen molar-refractivity contribution in [2.24, 2.45) is 0 Å². The zero-order valence-electron chi connectivity index (χ0n) is 16.6. The number of nitrogens with zero attached hydrogens (tertiary/aromatic N) is 2. The number of piperidine rings is 1. The first-order valence-corrected chi connectivity index (χ1v) is 9.94. The van der Waals surface area contributed by atoms with Crippen LogP contribution in [0.5, 0.6) is 0 Å². The van der Waals surface area contributed by atoms with Crippen LogP contribution in [-0.2, 0) is 17.5 Å². The number of likely N-dealkylation sites (tertiary alicyclic amines) is 1. The van der Waals surface area contributed by atoms with Crippen molar-refractivity contribution in [3.63, 3.8) is 0 Å².